The second kappa shape index (κ2) is 14.6. The predicted molar refractivity (Wildman–Crippen MR) is 165 cm³/mol. The first kappa shape index (κ1) is 32.1. The van der Waals surface area contributed by atoms with Gasteiger partial charge < -0.3 is 14.8 Å². The maximum absolute atomic E-state index is 12.3. The van der Waals surface area contributed by atoms with E-state index in [-0.39, 0.29) is 22.3 Å². The Bertz CT molecular complexity index is 1790. The number of nitrogens with one attached hydrogen (secondary N) is 1. The molecule has 0 spiro atoms. The molecule has 0 saturated carbocycles. The van der Waals surface area contributed by atoms with Gasteiger partial charge in [0.25, 0.3) is 0 Å². The molecule has 0 aliphatic carbocycles. The van der Waals surface area contributed by atoms with Gasteiger partial charge >= 0.3 is 11.9 Å². The molecule has 14 heteroatoms. The Labute approximate surface area is 258 Å². The van der Waals surface area contributed by atoms with Crippen LogP contribution in [-0.2, 0) is 24.4 Å². The molecule has 12 nitrogen and oxygen atoms in total. The molecule has 0 aliphatic rings. The lowest BCUT2D eigenvalue weighted by Crippen LogP contribution is -2.22. The van der Waals surface area contributed by atoms with E-state index in [1.165, 1.54) is 56.0 Å². The second-order valence-corrected chi connectivity index (χ2v) is 11.9. The van der Waals surface area contributed by atoms with Crippen molar-refractivity contribution in [3.8, 4) is 28.6 Å². The minimum atomic E-state index is -3.82. The van der Waals surface area contributed by atoms with Crippen LogP contribution in [0, 0.1) is 0 Å². The van der Waals surface area contributed by atoms with Crippen molar-refractivity contribution < 1.29 is 32.3 Å². The summed E-state index contributed by atoms with van der Waals surface area (Å²) in [5, 5.41) is 13.2. The number of nitrogens with zero attached hydrogens (tertiary/aromatic N) is 3. The molecule has 0 fully saturated rings. The SMILES string of the molecule is CC(=O)Oc1ccc(/C=C/C(=O)NCCCSc2nc(-c3ccc(S(N)(=O)=O)cc3)n(-c3ccccc3)n2)cc1OC(C)=O. The van der Waals surface area contributed by atoms with Crippen molar-refractivity contribution in [1.29, 1.82) is 0 Å². The van der Waals surface area contributed by atoms with Crippen LogP contribution in [0.3, 0.4) is 0 Å². The van der Waals surface area contributed by atoms with Gasteiger partial charge in [-0.25, -0.2) is 23.2 Å². The summed E-state index contributed by atoms with van der Waals surface area (Å²) in [7, 11) is -3.82. The number of hydrogen-bond donors (Lipinski definition) is 2. The Morgan fingerprint density at radius 3 is 2.30 bits per heavy atom. The highest BCUT2D eigenvalue weighted by Crippen LogP contribution is 2.29. The fraction of sp³-hybridized carbons (Fsp3) is 0.167. The average molecular weight is 636 g/mol. The number of rotatable bonds is 12. The van der Waals surface area contributed by atoms with Crippen molar-refractivity contribution in [1.82, 2.24) is 20.1 Å². The Kier molecular flexibility index (Phi) is 10.7. The largest absolute Gasteiger partial charge is 0.423 e. The Morgan fingerprint density at radius 1 is 0.955 bits per heavy atom. The van der Waals surface area contributed by atoms with E-state index in [1.54, 1.807) is 29.0 Å². The van der Waals surface area contributed by atoms with Crippen LogP contribution in [0.4, 0.5) is 0 Å². The van der Waals surface area contributed by atoms with Crippen LogP contribution >= 0.6 is 11.8 Å². The van der Waals surface area contributed by atoms with Crippen molar-refractivity contribution in [2.45, 2.75) is 30.3 Å². The molecular formula is C30H29N5O7S2. The lowest BCUT2D eigenvalue weighted by atomic mass is 10.2. The van der Waals surface area contributed by atoms with Crippen LogP contribution in [0.15, 0.2) is 88.9 Å². The first-order chi connectivity index (χ1) is 21.0. The van der Waals surface area contributed by atoms with E-state index in [0.29, 0.717) is 40.8 Å². The number of thioether (sulfide) groups is 1. The third-order valence-corrected chi connectivity index (χ3v) is 7.64. The topological polar surface area (TPSA) is 173 Å². The molecular weight excluding hydrogens is 606 g/mol. The number of sulfonamides is 1. The quantitative estimate of drug-likeness (QED) is 0.0768. The minimum absolute atomic E-state index is 0.00226. The first-order valence-electron chi connectivity index (χ1n) is 13.2. The Balaban J connectivity index is 1.34. The van der Waals surface area contributed by atoms with Crippen molar-refractivity contribution in [3.05, 3.63) is 84.4 Å². The summed E-state index contributed by atoms with van der Waals surface area (Å²) < 4.78 is 35.2. The fourth-order valence-electron chi connectivity index (χ4n) is 3.86. The number of primary sulfonamides is 1. The third-order valence-electron chi connectivity index (χ3n) is 5.78. The van der Waals surface area contributed by atoms with Crippen LogP contribution in [0.1, 0.15) is 25.8 Å². The van der Waals surface area contributed by atoms with Gasteiger partial charge in [0.15, 0.2) is 17.3 Å². The number of ether oxygens (including phenoxy) is 2. The van der Waals surface area contributed by atoms with Gasteiger partial charge in [-0.15, -0.1) is 5.10 Å². The lowest BCUT2D eigenvalue weighted by molar-refractivity contribution is -0.134. The molecule has 1 amide bonds. The van der Waals surface area contributed by atoms with E-state index in [0.717, 1.165) is 5.69 Å². The maximum Gasteiger partial charge on any atom is 0.308 e. The summed E-state index contributed by atoms with van der Waals surface area (Å²) in [4.78, 5) is 39.7. The maximum atomic E-state index is 12.3. The zero-order chi connectivity index (χ0) is 31.7. The zero-order valence-electron chi connectivity index (χ0n) is 23.8. The summed E-state index contributed by atoms with van der Waals surface area (Å²) in [5.41, 5.74) is 2.02. The van der Waals surface area contributed by atoms with Crippen molar-refractivity contribution >= 4 is 45.7 Å². The van der Waals surface area contributed by atoms with E-state index in [1.807, 2.05) is 30.3 Å². The number of carbonyl (C=O) groups is 3. The lowest BCUT2D eigenvalue weighted by Gasteiger charge is -2.09. The summed E-state index contributed by atoms with van der Waals surface area (Å²) >= 11 is 1.42. The van der Waals surface area contributed by atoms with Crippen LogP contribution in [0.25, 0.3) is 23.2 Å². The van der Waals surface area contributed by atoms with Crippen molar-refractivity contribution in [3.63, 3.8) is 0 Å². The number of benzene rings is 3. The van der Waals surface area contributed by atoms with Gasteiger partial charge in [-0.3, -0.25) is 14.4 Å². The minimum Gasteiger partial charge on any atom is -0.423 e. The number of carbonyl (C=O) groups excluding carboxylic acids is 3. The second-order valence-electron chi connectivity index (χ2n) is 9.25. The van der Waals surface area contributed by atoms with E-state index < -0.39 is 22.0 Å². The molecule has 3 N–H and O–H groups in total. The Morgan fingerprint density at radius 2 is 1.64 bits per heavy atom. The van der Waals surface area contributed by atoms with Gasteiger partial charge in [0, 0.05) is 37.8 Å². The number of nitrogens with two attached hydrogens (primary N) is 1. The molecule has 228 valence electrons. The van der Waals surface area contributed by atoms with Gasteiger partial charge in [-0.1, -0.05) is 36.0 Å². The smallest absolute Gasteiger partial charge is 0.308 e. The van der Waals surface area contributed by atoms with Crippen LogP contribution < -0.4 is 19.9 Å². The molecule has 0 aliphatic heterocycles. The monoisotopic (exact) mass is 635 g/mol. The van der Waals surface area contributed by atoms with E-state index in [4.69, 9.17) is 14.6 Å². The van der Waals surface area contributed by atoms with Gasteiger partial charge in [-0.2, -0.15) is 0 Å². The summed E-state index contributed by atoms with van der Waals surface area (Å²) in [5.74, 6) is -0.123. The van der Waals surface area contributed by atoms with E-state index in [9.17, 15) is 22.8 Å². The van der Waals surface area contributed by atoms with Crippen LogP contribution in [0.5, 0.6) is 11.5 Å². The number of aromatic nitrogens is 3. The highest BCUT2D eigenvalue weighted by Gasteiger charge is 2.16. The molecule has 0 saturated heterocycles. The molecule has 0 radical (unpaired) electrons. The summed E-state index contributed by atoms with van der Waals surface area (Å²) in [6.07, 6.45) is 3.53. The third kappa shape index (κ3) is 9.10. The zero-order valence-corrected chi connectivity index (χ0v) is 25.4. The van der Waals surface area contributed by atoms with Crippen LogP contribution in [0.2, 0.25) is 0 Å². The van der Waals surface area contributed by atoms with Gasteiger partial charge in [0.05, 0.1) is 10.6 Å². The average Bonchev–Trinajstić information content (AvgIpc) is 3.41. The first-order valence-corrected chi connectivity index (χ1v) is 15.8. The van der Waals surface area contributed by atoms with E-state index >= 15 is 0 Å². The van der Waals surface area contributed by atoms with Crippen LogP contribution in [-0.4, -0.2) is 53.3 Å². The predicted octanol–water partition coefficient (Wildman–Crippen LogP) is 3.74. The number of esters is 2. The fourth-order valence-corrected chi connectivity index (χ4v) is 5.14. The normalized spacial score (nSPS) is 11.3. The number of amides is 1. The highest BCUT2D eigenvalue weighted by atomic mass is 32.2. The molecule has 0 unspecified atom stereocenters. The summed E-state index contributed by atoms with van der Waals surface area (Å²) in [6.45, 7) is 2.87. The van der Waals surface area contributed by atoms with Crippen molar-refractivity contribution in [2.75, 3.05) is 12.3 Å². The molecule has 4 rings (SSSR count). The highest BCUT2D eigenvalue weighted by molar-refractivity contribution is 7.99. The van der Waals surface area contributed by atoms with Crippen molar-refractivity contribution in [2.24, 2.45) is 5.14 Å². The Hall–Kier alpha value is -4.79. The molecule has 1 heterocycles. The molecule has 0 bridgehead atoms. The molecule has 4 aromatic rings. The molecule has 1 aromatic heterocycles. The molecule has 3 aromatic carbocycles. The van der Waals surface area contributed by atoms with E-state index in [2.05, 4.69) is 15.4 Å². The number of hydrogen-bond acceptors (Lipinski definition) is 10. The summed E-state index contributed by atoms with van der Waals surface area (Å²) in [6, 6.07) is 20.1. The van der Waals surface area contributed by atoms with Gasteiger partial charge in [0.1, 0.15) is 0 Å². The number of para-hydroxylation sites is 1. The van der Waals surface area contributed by atoms with Gasteiger partial charge in [-0.05, 0) is 66.6 Å². The molecule has 0 atom stereocenters. The molecule has 44 heavy (non-hydrogen) atoms. The standard InChI is InChI=1S/C30H29N5O7S2/c1-20(36)41-26-15-9-22(19-27(26)42-21(2)37)10-16-28(38)32-17-6-18-43-30-33-29(35(34-30)24-7-4-3-5-8-24)23-11-13-25(14-12-23)44(31,39)40/h3-5,7-16,19H,6,17-18H2,1-2H3,(H,32,38)(H2,31,39,40)/b16-10+. The van der Waals surface area contributed by atoms with Gasteiger partial charge in [0.2, 0.25) is 21.1 Å².